The summed E-state index contributed by atoms with van der Waals surface area (Å²) in [5.74, 6) is 0. The highest BCUT2D eigenvalue weighted by atomic mass is 16.7. The molecule has 2 saturated heterocycles. The molecule has 0 bridgehead atoms. The van der Waals surface area contributed by atoms with Crippen molar-refractivity contribution in [3.8, 4) is 0 Å². The summed E-state index contributed by atoms with van der Waals surface area (Å²) in [5, 5.41) is 0. The van der Waals surface area contributed by atoms with Crippen LogP contribution in [0.25, 0.3) is 0 Å². The molecule has 0 aromatic heterocycles. The summed E-state index contributed by atoms with van der Waals surface area (Å²) in [7, 11) is -0.315. The van der Waals surface area contributed by atoms with Gasteiger partial charge in [-0.05, 0) is 50.2 Å². The minimum atomic E-state index is -0.317. The van der Waals surface area contributed by atoms with E-state index in [4.69, 9.17) is 14.0 Å². The van der Waals surface area contributed by atoms with Crippen LogP contribution in [0.3, 0.4) is 0 Å². The number of anilines is 1. The Morgan fingerprint density at radius 2 is 1.52 bits per heavy atom. The van der Waals surface area contributed by atoms with Crippen LogP contribution < -0.4 is 10.4 Å². The van der Waals surface area contributed by atoms with Gasteiger partial charge >= 0.3 is 7.12 Å². The predicted molar refractivity (Wildman–Crippen MR) is 104 cm³/mol. The summed E-state index contributed by atoms with van der Waals surface area (Å²) in [4.78, 5) is 2.43. The van der Waals surface area contributed by atoms with Crippen LogP contribution in [0.15, 0.2) is 18.2 Å². The van der Waals surface area contributed by atoms with E-state index in [2.05, 4.69) is 71.6 Å². The zero-order valence-corrected chi connectivity index (χ0v) is 16.8. The van der Waals surface area contributed by atoms with Gasteiger partial charge in [0.05, 0.1) is 24.4 Å². The predicted octanol–water partition coefficient (Wildman–Crippen LogP) is 3.12. The maximum atomic E-state index is 6.25. The maximum absolute atomic E-state index is 6.25. The third-order valence-corrected chi connectivity index (χ3v) is 5.71. The van der Waals surface area contributed by atoms with E-state index in [1.54, 1.807) is 0 Å². The molecule has 1 aromatic carbocycles. The van der Waals surface area contributed by atoms with Crippen molar-refractivity contribution in [3.05, 3.63) is 23.8 Å². The van der Waals surface area contributed by atoms with Gasteiger partial charge in [0.1, 0.15) is 0 Å². The average Bonchev–Trinajstić information content (AvgIpc) is 2.75. The molecule has 2 aliphatic heterocycles. The summed E-state index contributed by atoms with van der Waals surface area (Å²) in [6, 6.07) is 6.65. The number of hydrogen-bond acceptors (Lipinski definition) is 4. The van der Waals surface area contributed by atoms with Gasteiger partial charge in [-0.25, -0.2) is 0 Å². The zero-order valence-electron chi connectivity index (χ0n) is 16.8. The van der Waals surface area contributed by atoms with Gasteiger partial charge in [-0.1, -0.05) is 32.9 Å². The Morgan fingerprint density at radius 3 is 2.04 bits per heavy atom. The summed E-state index contributed by atoms with van der Waals surface area (Å²) in [5.41, 5.74) is 3.15. The van der Waals surface area contributed by atoms with E-state index in [1.807, 2.05) is 0 Å². The van der Waals surface area contributed by atoms with Gasteiger partial charge in [-0.2, -0.15) is 0 Å². The lowest BCUT2D eigenvalue weighted by Gasteiger charge is -2.34. The van der Waals surface area contributed by atoms with E-state index in [1.165, 1.54) is 11.3 Å². The molecule has 3 rings (SSSR count). The number of ether oxygens (including phenoxy) is 1. The normalized spacial score (nSPS) is 23.2. The summed E-state index contributed by atoms with van der Waals surface area (Å²) >= 11 is 0. The Hall–Kier alpha value is -1.04. The highest BCUT2D eigenvalue weighted by molar-refractivity contribution is 6.62. The second-order valence-corrected chi connectivity index (χ2v) is 9.21. The first-order valence-corrected chi connectivity index (χ1v) is 9.34. The number of hydrogen-bond donors (Lipinski definition) is 0. The van der Waals surface area contributed by atoms with E-state index in [9.17, 15) is 0 Å². The molecule has 4 nitrogen and oxygen atoms in total. The smallest absolute Gasteiger partial charge is 0.399 e. The molecule has 138 valence electrons. The van der Waals surface area contributed by atoms with Crippen molar-refractivity contribution in [1.82, 2.24) is 0 Å². The lowest BCUT2D eigenvalue weighted by Crippen LogP contribution is -2.41. The SMILES string of the molecule is CC(C)(C)c1cc(B2OC(C)(C)C(C)(C)O2)ccc1N1CCOCC1. The van der Waals surface area contributed by atoms with Crippen molar-refractivity contribution in [2.75, 3.05) is 31.2 Å². The number of nitrogens with zero attached hydrogens (tertiary/aromatic N) is 1. The minimum Gasteiger partial charge on any atom is -0.399 e. The van der Waals surface area contributed by atoms with E-state index >= 15 is 0 Å². The van der Waals surface area contributed by atoms with Gasteiger partial charge in [0.15, 0.2) is 0 Å². The molecule has 0 atom stereocenters. The van der Waals surface area contributed by atoms with Crippen LogP contribution in [0, 0.1) is 0 Å². The molecule has 0 unspecified atom stereocenters. The molecular weight excluding hydrogens is 313 g/mol. The first kappa shape index (κ1) is 18.7. The highest BCUT2D eigenvalue weighted by Crippen LogP contribution is 2.37. The average molecular weight is 345 g/mol. The van der Waals surface area contributed by atoms with Crippen molar-refractivity contribution in [2.45, 2.75) is 65.1 Å². The third-order valence-electron chi connectivity index (χ3n) is 5.71. The molecule has 25 heavy (non-hydrogen) atoms. The molecule has 2 fully saturated rings. The topological polar surface area (TPSA) is 30.9 Å². The fourth-order valence-electron chi connectivity index (χ4n) is 3.36. The summed E-state index contributed by atoms with van der Waals surface area (Å²) in [6.45, 7) is 18.7. The van der Waals surface area contributed by atoms with Gasteiger partial charge in [0, 0.05) is 18.8 Å². The standard InChI is InChI=1S/C20H32BNO3/c1-18(2,3)16-14-15(21-24-19(4,5)20(6,7)25-21)8-9-17(16)22-10-12-23-13-11-22/h8-9,14H,10-13H2,1-7H3. The first-order chi connectivity index (χ1) is 11.5. The third kappa shape index (κ3) is 3.60. The summed E-state index contributed by atoms with van der Waals surface area (Å²) in [6.07, 6.45) is 0. The maximum Gasteiger partial charge on any atom is 0.494 e. The quantitative estimate of drug-likeness (QED) is 0.771. The molecule has 0 spiro atoms. The van der Waals surface area contributed by atoms with Gasteiger partial charge in [-0.15, -0.1) is 0 Å². The molecule has 0 saturated carbocycles. The molecule has 0 radical (unpaired) electrons. The second kappa shape index (κ2) is 6.29. The van der Waals surface area contributed by atoms with Crippen molar-refractivity contribution < 1.29 is 14.0 Å². The Morgan fingerprint density at radius 1 is 0.960 bits per heavy atom. The monoisotopic (exact) mass is 345 g/mol. The largest absolute Gasteiger partial charge is 0.494 e. The molecule has 2 heterocycles. The van der Waals surface area contributed by atoms with Crippen LogP contribution in [0.4, 0.5) is 5.69 Å². The van der Waals surface area contributed by atoms with E-state index in [-0.39, 0.29) is 23.7 Å². The molecule has 0 N–H and O–H groups in total. The highest BCUT2D eigenvalue weighted by Gasteiger charge is 2.51. The van der Waals surface area contributed by atoms with Crippen molar-refractivity contribution in [2.24, 2.45) is 0 Å². The van der Waals surface area contributed by atoms with Crippen LogP contribution in [-0.4, -0.2) is 44.6 Å². The fraction of sp³-hybridized carbons (Fsp3) is 0.700. The fourth-order valence-corrected chi connectivity index (χ4v) is 3.36. The number of benzene rings is 1. The van der Waals surface area contributed by atoms with Crippen LogP contribution in [0.1, 0.15) is 54.0 Å². The minimum absolute atomic E-state index is 0.0489. The lowest BCUT2D eigenvalue weighted by atomic mass is 9.74. The van der Waals surface area contributed by atoms with Crippen LogP contribution in [-0.2, 0) is 19.5 Å². The van der Waals surface area contributed by atoms with Crippen molar-refractivity contribution >= 4 is 18.3 Å². The van der Waals surface area contributed by atoms with Gasteiger partial charge < -0.3 is 18.9 Å². The molecular formula is C20H32BNO3. The van der Waals surface area contributed by atoms with E-state index in [0.29, 0.717) is 0 Å². The number of morpholine rings is 1. The zero-order chi connectivity index (χ0) is 18.5. The van der Waals surface area contributed by atoms with Crippen molar-refractivity contribution in [1.29, 1.82) is 0 Å². The molecule has 2 aliphatic rings. The molecule has 1 aromatic rings. The van der Waals surface area contributed by atoms with Crippen LogP contribution in [0.5, 0.6) is 0 Å². The molecule has 0 amide bonds. The first-order valence-electron chi connectivity index (χ1n) is 9.34. The Balaban J connectivity index is 1.95. The Kier molecular flexibility index (Phi) is 4.72. The van der Waals surface area contributed by atoms with Crippen LogP contribution >= 0.6 is 0 Å². The van der Waals surface area contributed by atoms with Crippen molar-refractivity contribution in [3.63, 3.8) is 0 Å². The summed E-state index contributed by atoms with van der Waals surface area (Å²) < 4.78 is 18.0. The van der Waals surface area contributed by atoms with Gasteiger partial charge in [0.25, 0.3) is 0 Å². The lowest BCUT2D eigenvalue weighted by molar-refractivity contribution is 0.00578. The van der Waals surface area contributed by atoms with Gasteiger partial charge in [0.2, 0.25) is 0 Å². The molecule has 5 heteroatoms. The Bertz CT molecular complexity index is 614. The van der Waals surface area contributed by atoms with E-state index in [0.717, 1.165) is 31.8 Å². The Labute approximate surface area is 153 Å². The number of rotatable bonds is 2. The molecule has 0 aliphatic carbocycles. The van der Waals surface area contributed by atoms with E-state index < -0.39 is 0 Å². The van der Waals surface area contributed by atoms with Crippen LogP contribution in [0.2, 0.25) is 0 Å². The second-order valence-electron chi connectivity index (χ2n) is 9.21. The van der Waals surface area contributed by atoms with Gasteiger partial charge in [-0.3, -0.25) is 0 Å².